The number of rotatable bonds is 4. The lowest BCUT2D eigenvalue weighted by Crippen LogP contribution is -1.94. The third-order valence-corrected chi connectivity index (χ3v) is 2.69. The van der Waals surface area contributed by atoms with Gasteiger partial charge in [-0.05, 0) is 23.8 Å². The third kappa shape index (κ3) is 4.88. The molecule has 0 amide bonds. The van der Waals surface area contributed by atoms with Gasteiger partial charge in [-0.2, -0.15) is 8.78 Å². The van der Waals surface area contributed by atoms with Crippen molar-refractivity contribution in [2.24, 2.45) is 0 Å². The van der Waals surface area contributed by atoms with Crippen molar-refractivity contribution in [1.29, 1.82) is 0 Å². The minimum Gasteiger partial charge on any atom is -0.392 e. The summed E-state index contributed by atoms with van der Waals surface area (Å²) in [5.41, 5.74) is -0.882. The third-order valence-electron chi connectivity index (χ3n) is 2.69. The van der Waals surface area contributed by atoms with E-state index in [1.54, 1.807) is 0 Å². The summed E-state index contributed by atoms with van der Waals surface area (Å²) < 4.78 is 25.2. The Morgan fingerprint density at radius 1 is 0.958 bits per heavy atom. The zero-order valence-corrected chi connectivity index (χ0v) is 11.9. The molecule has 0 spiro atoms. The van der Waals surface area contributed by atoms with Crippen molar-refractivity contribution in [2.75, 3.05) is 0 Å². The van der Waals surface area contributed by atoms with Crippen LogP contribution >= 0.6 is 0 Å². The van der Waals surface area contributed by atoms with Gasteiger partial charge in [0.15, 0.2) is 0 Å². The molecule has 2 aromatic carbocycles. The van der Waals surface area contributed by atoms with Crippen molar-refractivity contribution < 1.29 is 28.5 Å². The predicted molar refractivity (Wildman–Crippen MR) is 77.4 cm³/mol. The lowest BCUT2D eigenvalue weighted by Gasteiger charge is -1.96. The molecule has 0 unspecified atom stereocenters. The van der Waals surface area contributed by atoms with Crippen LogP contribution in [-0.4, -0.2) is 21.2 Å². The van der Waals surface area contributed by atoms with Gasteiger partial charge in [-0.25, -0.2) is 0 Å². The minimum absolute atomic E-state index is 0.0862. The molecule has 126 valence electrons. The predicted octanol–water partition coefficient (Wildman–Crippen LogP) is 2.77. The average molecular weight is 340 g/mol. The molecule has 0 saturated heterocycles. The summed E-state index contributed by atoms with van der Waals surface area (Å²) in [6, 6.07) is 6.22. The lowest BCUT2D eigenvalue weighted by molar-refractivity contribution is -0.387. The molecule has 10 heteroatoms. The van der Waals surface area contributed by atoms with Gasteiger partial charge in [-0.15, -0.1) is 0 Å². The van der Waals surface area contributed by atoms with E-state index in [9.17, 15) is 33.8 Å². The number of hydrogen-bond acceptors (Lipinski definition) is 6. The van der Waals surface area contributed by atoms with Gasteiger partial charge in [0.1, 0.15) is 6.29 Å². The van der Waals surface area contributed by atoms with E-state index in [4.69, 9.17) is 5.11 Å². The van der Waals surface area contributed by atoms with E-state index in [1.165, 1.54) is 12.1 Å². The van der Waals surface area contributed by atoms with Crippen LogP contribution in [0.2, 0.25) is 0 Å². The van der Waals surface area contributed by atoms with Gasteiger partial charge in [0, 0.05) is 17.7 Å². The van der Waals surface area contributed by atoms with Crippen LogP contribution in [0.15, 0.2) is 36.4 Å². The fraction of sp³-hybridized carbons (Fsp3) is 0.0714. The maximum absolute atomic E-state index is 12.6. The van der Waals surface area contributed by atoms with Gasteiger partial charge >= 0.3 is 11.4 Å². The SMILES string of the molecule is O=Cc1ccc(F)c([N+](=O)[O-])c1.O=[N+]([O-])c1cc(CO)ccc1F. The number of benzene rings is 2. The lowest BCUT2D eigenvalue weighted by atomic mass is 10.2. The molecular weight excluding hydrogens is 330 g/mol. The van der Waals surface area contributed by atoms with Crippen LogP contribution in [0.25, 0.3) is 0 Å². The summed E-state index contributed by atoms with van der Waals surface area (Å²) >= 11 is 0. The number of carbonyl (C=O) groups excluding carboxylic acids is 1. The molecule has 0 aliphatic rings. The van der Waals surface area contributed by atoms with Crippen LogP contribution in [0.4, 0.5) is 20.2 Å². The van der Waals surface area contributed by atoms with E-state index in [2.05, 4.69) is 0 Å². The fourth-order valence-electron chi connectivity index (χ4n) is 1.54. The molecule has 1 N–H and O–H groups in total. The maximum atomic E-state index is 12.6. The highest BCUT2D eigenvalue weighted by Crippen LogP contribution is 2.18. The van der Waals surface area contributed by atoms with E-state index in [0.717, 1.165) is 24.3 Å². The first kappa shape index (κ1) is 18.8. The highest BCUT2D eigenvalue weighted by atomic mass is 19.1. The van der Waals surface area contributed by atoms with E-state index in [-0.39, 0.29) is 12.2 Å². The first-order valence-electron chi connectivity index (χ1n) is 6.23. The molecule has 0 saturated carbocycles. The molecule has 24 heavy (non-hydrogen) atoms. The standard InChI is InChI=1S/C7H6FNO3.C7H4FNO3/c2*8-6-2-1-5(4-10)3-7(6)9(11)12/h1-3,10H,4H2;1-4H. The molecule has 2 rings (SSSR count). The summed E-state index contributed by atoms with van der Waals surface area (Å²) in [4.78, 5) is 28.8. The van der Waals surface area contributed by atoms with Gasteiger partial charge in [-0.3, -0.25) is 25.0 Å². The van der Waals surface area contributed by atoms with Crippen molar-refractivity contribution in [2.45, 2.75) is 6.61 Å². The summed E-state index contributed by atoms with van der Waals surface area (Å²) in [6.45, 7) is -0.332. The van der Waals surface area contributed by atoms with Crippen molar-refractivity contribution in [1.82, 2.24) is 0 Å². The van der Waals surface area contributed by atoms with Crippen molar-refractivity contribution in [3.8, 4) is 0 Å². The Morgan fingerprint density at radius 2 is 1.46 bits per heavy atom. The van der Waals surface area contributed by atoms with Crippen LogP contribution < -0.4 is 0 Å². The summed E-state index contributed by atoms with van der Waals surface area (Å²) in [5, 5.41) is 28.9. The largest absolute Gasteiger partial charge is 0.392 e. The molecule has 0 heterocycles. The molecule has 0 aromatic heterocycles. The monoisotopic (exact) mass is 340 g/mol. The van der Waals surface area contributed by atoms with E-state index in [1.807, 2.05) is 0 Å². The average Bonchev–Trinajstić information content (AvgIpc) is 2.56. The second-order valence-electron chi connectivity index (χ2n) is 4.29. The highest BCUT2D eigenvalue weighted by molar-refractivity contribution is 5.76. The number of halogens is 2. The van der Waals surface area contributed by atoms with Crippen LogP contribution in [0, 0.1) is 31.9 Å². The van der Waals surface area contributed by atoms with E-state index >= 15 is 0 Å². The van der Waals surface area contributed by atoms with Crippen LogP contribution in [0.3, 0.4) is 0 Å². The van der Waals surface area contributed by atoms with Crippen LogP contribution in [0.1, 0.15) is 15.9 Å². The second kappa shape index (κ2) is 8.39. The van der Waals surface area contributed by atoms with Gasteiger partial charge in [0.2, 0.25) is 11.6 Å². The Hall–Kier alpha value is -3.27. The first-order chi connectivity index (χ1) is 11.3. The Bertz CT molecular complexity index is 782. The van der Waals surface area contributed by atoms with Gasteiger partial charge in [-0.1, -0.05) is 6.07 Å². The number of aldehydes is 1. The summed E-state index contributed by atoms with van der Waals surface area (Å²) in [6.07, 6.45) is 0.423. The van der Waals surface area contributed by atoms with Gasteiger partial charge in [0.25, 0.3) is 0 Å². The van der Waals surface area contributed by atoms with Crippen LogP contribution in [0.5, 0.6) is 0 Å². The number of nitro benzene ring substituents is 2. The molecule has 0 aliphatic heterocycles. The van der Waals surface area contributed by atoms with Crippen molar-refractivity contribution in [3.63, 3.8) is 0 Å². The topological polar surface area (TPSA) is 124 Å². The van der Waals surface area contributed by atoms with Crippen molar-refractivity contribution >= 4 is 17.7 Å². The maximum Gasteiger partial charge on any atom is 0.305 e. The Labute approximate surface area is 133 Å². The minimum atomic E-state index is -0.939. The number of hydrogen-bond donors (Lipinski definition) is 1. The number of nitrogens with zero attached hydrogens (tertiary/aromatic N) is 2. The van der Waals surface area contributed by atoms with Gasteiger partial charge in [0.05, 0.1) is 16.5 Å². The number of aliphatic hydroxyl groups excluding tert-OH is 1. The second-order valence-corrected chi connectivity index (χ2v) is 4.29. The molecule has 0 radical (unpaired) electrons. The highest BCUT2D eigenvalue weighted by Gasteiger charge is 2.14. The Morgan fingerprint density at radius 3 is 1.92 bits per heavy atom. The normalized spacial score (nSPS) is 9.62. The van der Waals surface area contributed by atoms with Crippen LogP contribution in [-0.2, 0) is 6.61 Å². The molecule has 8 nitrogen and oxygen atoms in total. The Kier molecular flexibility index (Phi) is 6.56. The molecular formula is C14H10F2N2O6. The summed E-state index contributed by atoms with van der Waals surface area (Å²) in [5.74, 6) is -1.83. The first-order valence-corrected chi connectivity index (χ1v) is 6.23. The van der Waals surface area contributed by atoms with E-state index < -0.39 is 32.9 Å². The number of nitro groups is 2. The smallest absolute Gasteiger partial charge is 0.305 e. The fourth-order valence-corrected chi connectivity index (χ4v) is 1.54. The van der Waals surface area contributed by atoms with Gasteiger partial charge < -0.3 is 5.11 Å². The quantitative estimate of drug-likeness (QED) is 0.518. The zero-order valence-electron chi connectivity index (χ0n) is 11.9. The molecule has 0 aliphatic carbocycles. The molecule has 2 aromatic rings. The Balaban J connectivity index is 0.000000240. The van der Waals surface area contributed by atoms with Crippen molar-refractivity contribution in [3.05, 3.63) is 79.4 Å². The number of carbonyl (C=O) groups is 1. The molecule has 0 fully saturated rings. The zero-order chi connectivity index (χ0) is 18.3. The molecule has 0 atom stereocenters. The van der Waals surface area contributed by atoms with E-state index in [0.29, 0.717) is 11.8 Å². The summed E-state index contributed by atoms with van der Waals surface area (Å²) in [7, 11) is 0. The number of aliphatic hydroxyl groups is 1. The molecule has 0 bridgehead atoms.